The summed E-state index contributed by atoms with van der Waals surface area (Å²) in [7, 11) is -3.24. The first-order valence-corrected chi connectivity index (χ1v) is 9.84. The highest BCUT2D eigenvalue weighted by Crippen LogP contribution is 2.18. The Hall–Kier alpha value is -2.34. The van der Waals surface area contributed by atoms with E-state index in [1.807, 2.05) is 6.07 Å². The lowest BCUT2D eigenvalue weighted by molar-refractivity contribution is 0.102. The number of nitrogens with one attached hydrogen (secondary N) is 1. The molecule has 0 aromatic heterocycles. The first-order valence-electron chi connectivity index (χ1n) is 8.19. The third-order valence-electron chi connectivity index (χ3n) is 3.53. The molecule has 2 aromatic carbocycles. The lowest BCUT2D eigenvalue weighted by atomic mass is 10.2. The Labute approximate surface area is 148 Å². The number of amides is 1. The number of hydrogen-bond acceptors (Lipinski definition) is 4. The number of benzene rings is 2. The molecule has 1 N–H and O–H groups in total. The lowest BCUT2D eigenvalue weighted by Crippen LogP contribution is -2.12. The predicted molar refractivity (Wildman–Crippen MR) is 98.9 cm³/mol. The van der Waals surface area contributed by atoms with Crippen molar-refractivity contribution in [2.75, 3.05) is 17.7 Å². The summed E-state index contributed by atoms with van der Waals surface area (Å²) in [5.41, 5.74) is 1.01. The standard InChI is InChI=1S/C19H23NO4S/c1-4-25(22,23)18-10-8-16(9-11-18)20-19(21)15-6-5-7-17(12-15)24-13-14(2)3/h5-12,14H,4,13H2,1-3H3,(H,20,21). The monoisotopic (exact) mass is 361 g/mol. The average molecular weight is 361 g/mol. The largest absolute Gasteiger partial charge is 0.493 e. The Morgan fingerprint density at radius 3 is 2.40 bits per heavy atom. The van der Waals surface area contributed by atoms with Crippen LogP contribution >= 0.6 is 0 Å². The molecule has 0 radical (unpaired) electrons. The van der Waals surface area contributed by atoms with Gasteiger partial charge in [-0.2, -0.15) is 0 Å². The van der Waals surface area contributed by atoms with Gasteiger partial charge in [0.05, 0.1) is 17.3 Å². The van der Waals surface area contributed by atoms with E-state index in [4.69, 9.17) is 4.74 Å². The van der Waals surface area contributed by atoms with Crippen molar-refractivity contribution in [3.8, 4) is 5.75 Å². The molecule has 6 heteroatoms. The zero-order chi connectivity index (χ0) is 18.4. The van der Waals surface area contributed by atoms with Gasteiger partial charge in [-0.25, -0.2) is 8.42 Å². The first kappa shape index (κ1) is 19.0. The normalized spacial score (nSPS) is 11.4. The minimum absolute atomic E-state index is 0.0435. The van der Waals surface area contributed by atoms with E-state index in [1.54, 1.807) is 37.3 Å². The first-order chi connectivity index (χ1) is 11.8. The van der Waals surface area contributed by atoms with Crippen LogP contribution in [0, 0.1) is 5.92 Å². The lowest BCUT2D eigenvalue weighted by Gasteiger charge is -2.10. The van der Waals surface area contributed by atoms with Crippen molar-refractivity contribution in [3.63, 3.8) is 0 Å². The van der Waals surface area contributed by atoms with Crippen LogP contribution in [0.5, 0.6) is 5.75 Å². The van der Waals surface area contributed by atoms with Crippen molar-refractivity contribution < 1.29 is 17.9 Å². The van der Waals surface area contributed by atoms with E-state index >= 15 is 0 Å². The number of carbonyl (C=O) groups excluding carboxylic acids is 1. The minimum atomic E-state index is -3.24. The molecule has 134 valence electrons. The molecule has 2 rings (SSSR count). The van der Waals surface area contributed by atoms with Gasteiger partial charge >= 0.3 is 0 Å². The van der Waals surface area contributed by atoms with Crippen LogP contribution in [-0.4, -0.2) is 26.7 Å². The molecule has 25 heavy (non-hydrogen) atoms. The van der Waals surface area contributed by atoms with Gasteiger partial charge in [-0.05, 0) is 48.4 Å². The van der Waals surface area contributed by atoms with Crippen molar-refractivity contribution in [1.29, 1.82) is 0 Å². The van der Waals surface area contributed by atoms with Crippen LogP contribution in [0.3, 0.4) is 0 Å². The van der Waals surface area contributed by atoms with Gasteiger partial charge in [0.15, 0.2) is 9.84 Å². The van der Waals surface area contributed by atoms with Crippen molar-refractivity contribution in [3.05, 3.63) is 54.1 Å². The van der Waals surface area contributed by atoms with Crippen molar-refractivity contribution in [2.24, 2.45) is 5.92 Å². The van der Waals surface area contributed by atoms with Crippen molar-refractivity contribution in [1.82, 2.24) is 0 Å². The van der Waals surface area contributed by atoms with Crippen LogP contribution in [0.15, 0.2) is 53.4 Å². The van der Waals surface area contributed by atoms with Gasteiger partial charge in [0.2, 0.25) is 0 Å². The summed E-state index contributed by atoms with van der Waals surface area (Å²) in [6.07, 6.45) is 0. The summed E-state index contributed by atoms with van der Waals surface area (Å²) in [5.74, 6) is 0.809. The molecule has 0 atom stereocenters. The quantitative estimate of drug-likeness (QED) is 0.815. The summed E-state index contributed by atoms with van der Waals surface area (Å²) in [5, 5.41) is 2.76. The van der Waals surface area contributed by atoms with Crippen molar-refractivity contribution >= 4 is 21.4 Å². The molecule has 0 aliphatic rings. The number of anilines is 1. The van der Waals surface area contributed by atoms with Crippen LogP contribution in [0.25, 0.3) is 0 Å². The number of ether oxygens (including phenoxy) is 1. The number of hydrogen-bond donors (Lipinski definition) is 1. The second-order valence-electron chi connectivity index (χ2n) is 6.11. The molecule has 0 heterocycles. The highest BCUT2D eigenvalue weighted by molar-refractivity contribution is 7.91. The molecule has 2 aromatic rings. The zero-order valence-electron chi connectivity index (χ0n) is 14.7. The minimum Gasteiger partial charge on any atom is -0.493 e. The fourth-order valence-corrected chi connectivity index (χ4v) is 2.99. The second kappa shape index (κ2) is 8.16. The van der Waals surface area contributed by atoms with Crippen molar-refractivity contribution in [2.45, 2.75) is 25.7 Å². The SMILES string of the molecule is CCS(=O)(=O)c1ccc(NC(=O)c2cccc(OCC(C)C)c2)cc1. The van der Waals surface area contributed by atoms with E-state index in [-0.39, 0.29) is 16.6 Å². The molecule has 0 saturated carbocycles. The van der Waals surface area contributed by atoms with Gasteiger partial charge in [-0.1, -0.05) is 26.8 Å². The highest BCUT2D eigenvalue weighted by Gasteiger charge is 2.12. The molecule has 0 aliphatic carbocycles. The molecule has 0 bridgehead atoms. The molecular formula is C19H23NO4S. The smallest absolute Gasteiger partial charge is 0.255 e. The summed E-state index contributed by atoms with van der Waals surface area (Å²) in [6.45, 7) is 6.29. The number of rotatable bonds is 7. The number of sulfone groups is 1. The van der Waals surface area contributed by atoms with Gasteiger partial charge in [0.25, 0.3) is 5.91 Å². The van der Waals surface area contributed by atoms with E-state index in [0.717, 1.165) is 0 Å². The third-order valence-corrected chi connectivity index (χ3v) is 5.28. The average Bonchev–Trinajstić information content (AvgIpc) is 2.60. The van der Waals surface area contributed by atoms with Gasteiger partial charge in [-0.15, -0.1) is 0 Å². The summed E-state index contributed by atoms with van der Waals surface area (Å²) >= 11 is 0. The van der Waals surface area contributed by atoms with Crippen LogP contribution in [0.1, 0.15) is 31.1 Å². The van der Waals surface area contributed by atoms with Gasteiger partial charge in [0, 0.05) is 11.3 Å². The summed E-state index contributed by atoms with van der Waals surface area (Å²) in [4.78, 5) is 12.6. The van der Waals surface area contributed by atoms with E-state index < -0.39 is 9.84 Å². The molecule has 0 fully saturated rings. The maximum atomic E-state index is 12.4. The van der Waals surface area contributed by atoms with E-state index in [2.05, 4.69) is 19.2 Å². The molecular weight excluding hydrogens is 338 g/mol. The molecule has 1 amide bonds. The molecule has 0 unspecified atom stereocenters. The van der Waals surface area contributed by atoms with E-state index in [9.17, 15) is 13.2 Å². The highest BCUT2D eigenvalue weighted by atomic mass is 32.2. The van der Waals surface area contributed by atoms with Crippen LogP contribution in [-0.2, 0) is 9.84 Å². The Kier molecular flexibility index (Phi) is 6.20. The Balaban J connectivity index is 2.08. The third kappa shape index (κ3) is 5.32. The zero-order valence-corrected chi connectivity index (χ0v) is 15.5. The Morgan fingerprint density at radius 2 is 1.80 bits per heavy atom. The molecule has 0 aliphatic heterocycles. The Bertz CT molecular complexity index is 827. The molecule has 0 spiro atoms. The molecule has 0 saturated heterocycles. The van der Waals surface area contributed by atoms with Gasteiger partial charge in [0.1, 0.15) is 5.75 Å². The predicted octanol–water partition coefficient (Wildman–Crippen LogP) is 3.77. The summed E-state index contributed by atoms with van der Waals surface area (Å²) in [6, 6.07) is 13.1. The maximum absolute atomic E-state index is 12.4. The van der Waals surface area contributed by atoms with Gasteiger partial charge in [-0.3, -0.25) is 4.79 Å². The van der Waals surface area contributed by atoms with Crippen LogP contribution in [0.2, 0.25) is 0 Å². The maximum Gasteiger partial charge on any atom is 0.255 e. The fraction of sp³-hybridized carbons (Fsp3) is 0.316. The topological polar surface area (TPSA) is 72.5 Å². The number of carbonyl (C=O) groups is 1. The fourth-order valence-electron chi connectivity index (χ4n) is 2.11. The van der Waals surface area contributed by atoms with Gasteiger partial charge < -0.3 is 10.1 Å². The second-order valence-corrected chi connectivity index (χ2v) is 8.39. The Morgan fingerprint density at radius 1 is 1.12 bits per heavy atom. The summed E-state index contributed by atoms with van der Waals surface area (Å²) < 4.78 is 29.2. The van der Waals surface area contributed by atoms with Crippen LogP contribution < -0.4 is 10.1 Å². The molecule has 5 nitrogen and oxygen atoms in total. The van der Waals surface area contributed by atoms with E-state index in [0.29, 0.717) is 29.5 Å². The van der Waals surface area contributed by atoms with E-state index in [1.165, 1.54) is 12.1 Å². The van der Waals surface area contributed by atoms with Crippen LogP contribution in [0.4, 0.5) is 5.69 Å².